The predicted molar refractivity (Wildman–Crippen MR) is 113 cm³/mol. The summed E-state index contributed by atoms with van der Waals surface area (Å²) in [5.41, 5.74) is 1.73. The Labute approximate surface area is 171 Å². The van der Waals surface area contributed by atoms with Crippen LogP contribution in [0.2, 0.25) is 0 Å². The molecule has 2 aromatic carbocycles. The second-order valence-electron chi connectivity index (χ2n) is 5.76. The summed E-state index contributed by atoms with van der Waals surface area (Å²) in [5.74, 6) is 0.542. The number of hydrogen-bond acceptors (Lipinski definition) is 7. The lowest BCUT2D eigenvalue weighted by Crippen LogP contribution is -2.14. The van der Waals surface area contributed by atoms with Gasteiger partial charge in [0.25, 0.3) is 15.9 Å². The molecule has 0 aliphatic rings. The Kier molecular flexibility index (Phi) is 6.32. The minimum Gasteiger partial charge on any atom is -0.296 e. The monoisotopic (exact) mass is 434 g/mol. The van der Waals surface area contributed by atoms with Gasteiger partial charge in [0.2, 0.25) is 5.13 Å². The van der Waals surface area contributed by atoms with E-state index in [0.29, 0.717) is 16.4 Å². The SMILES string of the molecule is CCSc1nnc(NC(=O)c2ccc(NS(=O)(=O)c3ccc(C)cc3)cc2)s1. The van der Waals surface area contributed by atoms with Crippen molar-refractivity contribution in [1.82, 2.24) is 10.2 Å². The Balaban J connectivity index is 1.67. The molecule has 0 aliphatic heterocycles. The van der Waals surface area contributed by atoms with E-state index in [-0.39, 0.29) is 10.8 Å². The molecule has 10 heteroatoms. The van der Waals surface area contributed by atoms with Crippen molar-refractivity contribution in [2.24, 2.45) is 0 Å². The third kappa shape index (κ3) is 5.09. The van der Waals surface area contributed by atoms with Crippen LogP contribution in [0.15, 0.2) is 57.8 Å². The highest BCUT2D eigenvalue weighted by Gasteiger charge is 2.15. The standard InChI is InChI=1S/C18H18N4O3S3/c1-3-26-18-21-20-17(27-18)19-16(23)13-6-8-14(9-7-13)22-28(24,25)15-10-4-12(2)5-11-15/h4-11,22H,3H2,1-2H3,(H,19,20,23). The Morgan fingerprint density at radius 1 is 1.07 bits per heavy atom. The van der Waals surface area contributed by atoms with Crippen LogP contribution in [-0.4, -0.2) is 30.3 Å². The van der Waals surface area contributed by atoms with Crippen LogP contribution in [0.4, 0.5) is 10.8 Å². The van der Waals surface area contributed by atoms with E-state index < -0.39 is 10.0 Å². The number of amides is 1. The van der Waals surface area contributed by atoms with Gasteiger partial charge in [-0.05, 0) is 49.1 Å². The first-order valence-electron chi connectivity index (χ1n) is 8.34. The molecule has 0 saturated carbocycles. The third-order valence-corrected chi connectivity index (χ3v) is 6.88. The van der Waals surface area contributed by atoms with Crippen molar-refractivity contribution in [2.45, 2.75) is 23.1 Å². The van der Waals surface area contributed by atoms with E-state index in [4.69, 9.17) is 0 Å². The number of aromatic nitrogens is 2. The molecule has 7 nitrogen and oxygen atoms in total. The lowest BCUT2D eigenvalue weighted by molar-refractivity contribution is 0.102. The number of anilines is 2. The van der Waals surface area contributed by atoms with Gasteiger partial charge in [-0.3, -0.25) is 14.8 Å². The molecule has 0 radical (unpaired) electrons. The lowest BCUT2D eigenvalue weighted by Gasteiger charge is -2.09. The second kappa shape index (κ2) is 8.72. The number of sulfonamides is 1. The maximum absolute atomic E-state index is 12.4. The number of nitrogens with zero attached hydrogens (tertiary/aromatic N) is 2. The summed E-state index contributed by atoms with van der Waals surface area (Å²) in [6, 6.07) is 12.7. The predicted octanol–water partition coefficient (Wildman–Crippen LogP) is 4.01. The molecule has 146 valence electrons. The first-order valence-corrected chi connectivity index (χ1v) is 11.6. The molecule has 0 unspecified atom stereocenters. The molecule has 0 saturated heterocycles. The quantitative estimate of drug-likeness (QED) is 0.430. The maximum atomic E-state index is 12.4. The number of aryl methyl sites for hydroxylation is 1. The van der Waals surface area contributed by atoms with Crippen molar-refractivity contribution in [1.29, 1.82) is 0 Å². The molecule has 28 heavy (non-hydrogen) atoms. The van der Waals surface area contributed by atoms with Gasteiger partial charge in [0.1, 0.15) is 0 Å². The average Bonchev–Trinajstić information content (AvgIpc) is 3.09. The summed E-state index contributed by atoms with van der Waals surface area (Å²) in [7, 11) is -3.68. The number of carbonyl (C=O) groups excluding carboxylic acids is 1. The van der Waals surface area contributed by atoms with E-state index in [2.05, 4.69) is 20.2 Å². The first kappa shape index (κ1) is 20.3. The zero-order chi connectivity index (χ0) is 20.1. The normalized spacial score (nSPS) is 11.2. The first-order chi connectivity index (χ1) is 13.4. The van der Waals surface area contributed by atoms with Crippen LogP contribution < -0.4 is 10.0 Å². The number of hydrogen-bond donors (Lipinski definition) is 2. The average molecular weight is 435 g/mol. The van der Waals surface area contributed by atoms with Crippen LogP contribution in [0.3, 0.4) is 0 Å². The van der Waals surface area contributed by atoms with E-state index >= 15 is 0 Å². The number of thioether (sulfide) groups is 1. The minimum absolute atomic E-state index is 0.178. The highest BCUT2D eigenvalue weighted by Crippen LogP contribution is 2.25. The molecule has 0 fully saturated rings. The number of benzene rings is 2. The molecule has 1 aromatic heterocycles. The van der Waals surface area contributed by atoms with Gasteiger partial charge < -0.3 is 0 Å². The van der Waals surface area contributed by atoms with Gasteiger partial charge in [-0.1, -0.05) is 47.7 Å². The third-order valence-electron chi connectivity index (χ3n) is 3.63. The Bertz CT molecular complexity index is 1060. The van der Waals surface area contributed by atoms with Gasteiger partial charge >= 0.3 is 0 Å². The Morgan fingerprint density at radius 3 is 2.39 bits per heavy atom. The van der Waals surface area contributed by atoms with Crippen molar-refractivity contribution in [3.05, 3.63) is 59.7 Å². The number of nitrogens with one attached hydrogen (secondary N) is 2. The van der Waals surface area contributed by atoms with Crippen LogP contribution in [0.25, 0.3) is 0 Å². The summed E-state index contributed by atoms with van der Waals surface area (Å²) in [4.78, 5) is 12.5. The molecule has 0 atom stereocenters. The largest absolute Gasteiger partial charge is 0.296 e. The maximum Gasteiger partial charge on any atom is 0.261 e. The van der Waals surface area contributed by atoms with Crippen LogP contribution >= 0.6 is 23.1 Å². The van der Waals surface area contributed by atoms with Crippen molar-refractivity contribution in [2.75, 3.05) is 15.8 Å². The fourth-order valence-electron chi connectivity index (χ4n) is 2.23. The second-order valence-corrected chi connectivity index (χ2v) is 9.93. The fourth-order valence-corrected chi connectivity index (χ4v) is 4.94. The Morgan fingerprint density at radius 2 is 1.75 bits per heavy atom. The molecule has 0 spiro atoms. The zero-order valence-corrected chi connectivity index (χ0v) is 17.6. The zero-order valence-electron chi connectivity index (χ0n) is 15.2. The molecule has 0 aliphatic carbocycles. The van der Waals surface area contributed by atoms with E-state index in [1.807, 2.05) is 13.8 Å². The highest BCUT2D eigenvalue weighted by atomic mass is 32.2. The van der Waals surface area contributed by atoms with Gasteiger partial charge in [0.05, 0.1) is 4.90 Å². The molecule has 0 bridgehead atoms. The molecule has 3 aromatic rings. The lowest BCUT2D eigenvalue weighted by atomic mass is 10.2. The minimum atomic E-state index is -3.68. The highest BCUT2D eigenvalue weighted by molar-refractivity contribution is 8.01. The molecule has 2 N–H and O–H groups in total. The van der Waals surface area contributed by atoms with Gasteiger partial charge in [-0.2, -0.15) is 0 Å². The van der Waals surface area contributed by atoms with E-state index in [9.17, 15) is 13.2 Å². The molecular weight excluding hydrogens is 416 g/mol. The van der Waals surface area contributed by atoms with Gasteiger partial charge in [0.15, 0.2) is 4.34 Å². The number of carbonyl (C=O) groups is 1. The smallest absolute Gasteiger partial charge is 0.261 e. The summed E-state index contributed by atoms with van der Waals surface area (Å²) >= 11 is 2.86. The van der Waals surface area contributed by atoms with Crippen LogP contribution in [0.5, 0.6) is 0 Å². The molecular formula is C18H18N4O3S3. The summed E-state index contributed by atoms with van der Waals surface area (Å²) in [5, 5.41) is 11.0. The van der Waals surface area contributed by atoms with Crippen molar-refractivity contribution in [3.63, 3.8) is 0 Å². The van der Waals surface area contributed by atoms with Crippen LogP contribution in [0.1, 0.15) is 22.8 Å². The summed E-state index contributed by atoms with van der Waals surface area (Å²) in [6.07, 6.45) is 0. The van der Waals surface area contributed by atoms with Gasteiger partial charge in [0, 0.05) is 11.3 Å². The Hall–Kier alpha value is -2.43. The van der Waals surface area contributed by atoms with E-state index in [1.165, 1.54) is 11.3 Å². The van der Waals surface area contributed by atoms with Crippen molar-refractivity contribution >= 4 is 49.8 Å². The molecule has 1 heterocycles. The van der Waals surface area contributed by atoms with E-state index in [1.54, 1.807) is 60.3 Å². The van der Waals surface area contributed by atoms with Crippen molar-refractivity contribution < 1.29 is 13.2 Å². The molecule has 1 amide bonds. The topological polar surface area (TPSA) is 101 Å². The fraction of sp³-hybridized carbons (Fsp3) is 0.167. The summed E-state index contributed by atoms with van der Waals surface area (Å²) in [6.45, 7) is 3.90. The van der Waals surface area contributed by atoms with Crippen LogP contribution in [-0.2, 0) is 10.0 Å². The van der Waals surface area contributed by atoms with Crippen LogP contribution in [0, 0.1) is 6.92 Å². The van der Waals surface area contributed by atoms with Gasteiger partial charge in [-0.15, -0.1) is 10.2 Å². The molecule has 3 rings (SSSR count). The van der Waals surface area contributed by atoms with Gasteiger partial charge in [-0.25, -0.2) is 8.42 Å². The van der Waals surface area contributed by atoms with Crippen molar-refractivity contribution in [3.8, 4) is 0 Å². The van der Waals surface area contributed by atoms with E-state index in [0.717, 1.165) is 15.7 Å². The number of rotatable bonds is 7. The summed E-state index contributed by atoms with van der Waals surface area (Å²) < 4.78 is 28.1.